The van der Waals surface area contributed by atoms with E-state index >= 15 is 0 Å². The summed E-state index contributed by atoms with van der Waals surface area (Å²) in [5.41, 5.74) is 3.70. The molecule has 2 atom stereocenters. The van der Waals surface area contributed by atoms with Gasteiger partial charge in [-0.1, -0.05) is 24.3 Å². The zero-order valence-electron chi connectivity index (χ0n) is 20.6. The van der Waals surface area contributed by atoms with E-state index in [2.05, 4.69) is 21.2 Å². The minimum Gasteiger partial charge on any atom is -0.496 e. The van der Waals surface area contributed by atoms with Crippen molar-refractivity contribution < 1.29 is 28.6 Å². The third-order valence-electron chi connectivity index (χ3n) is 4.93. The van der Waals surface area contributed by atoms with Gasteiger partial charge in [-0.05, 0) is 63.4 Å². The number of amides is 1. The van der Waals surface area contributed by atoms with Crippen molar-refractivity contribution >= 4 is 17.8 Å². The highest BCUT2D eigenvalue weighted by molar-refractivity contribution is 5.97. The van der Waals surface area contributed by atoms with E-state index in [1.54, 1.807) is 45.9 Å². The number of guanidine groups is 1. The molecule has 2 rings (SSSR count). The van der Waals surface area contributed by atoms with Gasteiger partial charge < -0.3 is 9.47 Å². The molecule has 10 nitrogen and oxygen atoms in total. The molecule has 1 amide bonds. The van der Waals surface area contributed by atoms with Crippen LogP contribution in [-0.4, -0.2) is 42.6 Å². The van der Waals surface area contributed by atoms with E-state index in [0.717, 1.165) is 11.1 Å². The molecule has 0 bridgehead atoms. The Balaban J connectivity index is 2.26. The average molecular weight is 490 g/mol. The largest absolute Gasteiger partial charge is 0.496 e. The number of halogens is 1. The Kier molecular flexibility index (Phi) is 9.55. The fourth-order valence-electron chi connectivity index (χ4n) is 3.27. The fourth-order valence-corrected chi connectivity index (χ4v) is 3.27. The van der Waals surface area contributed by atoms with E-state index < -0.39 is 29.6 Å². The van der Waals surface area contributed by atoms with Gasteiger partial charge in [0, 0.05) is 5.56 Å². The average Bonchev–Trinajstić information content (AvgIpc) is 2.81. The molecule has 0 spiro atoms. The Hall–Kier alpha value is -3.70. The van der Waals surface area contributed by atoms with Crippen molar-refractivity contribution in [3.63, 3.8) is 0 Å². The van der Waals surface area contributed by atoms with Crippen molar-refractivity contribution in [2.75, 3.05) is 7.11 Å². The van der Waals surface area contributed by atoms with Crippen LogP contribution in [0.5, 0.6) is 5.75 Å². The van der Waals surface area contributed by atoms with Crippen LogP contribution < -0.4 is 37.6 Å². The van der Waals surface area contributed by atoms with Crippen molar-refractivity contribution in [3.8, 4) is 16.9 Å². The second kappa shape index (κ2) is 12.1. The van der Waals surface area contributed by atoms with Gasteiger partial charge in [-0.3, -0.25) is 20.7 Å². The molecule has 0 radical (unpaired) electrons. The van der Waals surface area contributed by atoms with E-state index in [1.165, 1.54) is 19.2 Å². The number of hydrazone groups is 1. The number of hydrogen-bond acceptors (Lipinski definition) is 7. The predicted octanol–water partition coefficient (Wildman–Crippen LogP) is -0.378. The molecule has 0 saturated carbocycles. The van der Waals surface area contributed by atoms with Crippen LogP contribution in [0.25, 0.3) is 11.1 Å². The number of nitrogens with two attached hydrogens (primary N) is 2. The number of hydrazine groups is 2. The number of ether oxygens (including phenoxy) is 2. The van der Waals surface area contributed by atoms with E-state index in [1.807, 2.05) is 12.1 Å². The number of nitrogens with one attached hydrogen (secondary N) is 4. The van der Waals surface area contributed by atoms with E-state index in [0.29, 0.717) is 11.3 Å². The summed E-state index contributed by atoms with van der Waals surface area (Å²) >= 11 is 0. The molecular weight excluding hydrogens is 455 g/mol. The smallest absolute Gasteiger partial charge is 0.389 e. The van der Waals surface area contributed by atoms with Crippen LogP contribution in [0.2, 0.25) is 0 Å². The van der Waals surface area contributed by atoms with Gasteiger partial charge >= 0.3 is 11.9 Å². The summed E-state index contributed by atoms with van der Waals surface area (Å²) in [7, 11) is 1.52. The number of rotatable bonds is 8. The molecule has 2 aromatic carbocycles. The first kappa shape index (κ1) is 27.5. The molecule has 2 aromatic rings. The molecule has 0 aliphatic heterocycles. The van der Waals surface area contributed by atoms with E-state index in [9.17, 15) is 14.0 Å². The van der Waals surface area contributed by atoms with Crippen LogP contribution in [0.1, 0.15) is 33.3 Å². The van der Waals surface area contributed by atoms with Crippen LogP contribution >= 0.6 is 0 Å². The fraction of sp³-hybridized carbons (Fsp3) is 0.375. The SMILES string of the molecule is COc1ccc(F)cc1-c1ccc(CC(N[C@@H](C)C(=O)OC(C)(C)C)C(=O)N/C(NN)=[NH+]/N)cc1. The summed E-state index contributed by atoms with van der Waals surface area (Å²) in [5, 5.41) is 7.76. The molecule has 35 heavy (non-hydrogen) atoms. The molecule has 0 heterocycles. The van der Waals surface area contributed by atoms with Gasteiger partial charge in [0.1, 0.15) is 29.3 Å². The summed E-state index contributed by atoms with van der Waals surface area (Å²) in [4.78, 5) is 25.4. The summed E-state index contributed by atoms with van der Waals surface area (Å²) in [6, 6.07) is 9.90. The highest BCUT2D eigenvalue weighted by Gasteiger charge is 2.29. The van der Waals surface area contributed by atoms with Crippen molar-refractivity contribution in [2.24, 2.45) is 11.7 Å². The van der Waals surface area contributed by atoms with Crippen molar-refractivity contribution in [3.05, 3.63) is 53.8 Å². The van der Waals surface area contributed by atoms with Crippen LogP contribution in [0.15, 0.2) is 42.5 Å². The van der Waals surface area contributed by atoms with Crippen LogP contribution in [0, 0.1) is 5.82 Å². The van der Waals surface area contributed by atoms with Gasteiger partial charge in [-0.15, -0.1) is 0 Å². The van der Waals surface area contributed by atoms with E-state index in [-0.39, 0.29) is 18.2 Å². The molecule has 11 heteroatoms. The van der Waals surface area contributed by atoms with E-state index in [4.69, 9.17) is 21.2 Å². The molecular formula is C24H34FN6O4+. The lowest BCUT2D eigenvalue weighted by atomic mass is 9.99. The highest BCUT2D eigenvalue weighted by atomic mass is 19.1. The maximum absolute atomic E-state index is 13.8. The van der Waals surface area contributed by atoms with Crippen molar-refractivity contribution in [2.45, 2.75) is 51.8 Å². The van der Waals surface area contributed by atoms with Gasteiger partial charge in [-0.2, -0.15) is 10.9 Å². The zero-order valence-corrected chi connectivity index (χ0v) is 20.6. The minimum atomic E-state index is -0.844. The molecule has 0 aliphatic carbocycles. The molecule has 1 unspecified atom stereocenters. The van der Waals surface area contributed by atoms with Gasteiger partial charge in [0.25, 0.3) is 5.91 Å². The number of carbonyl (C=O) groups excluding carboxylic acids is 2. The number of benzene rings is 2. The quantitative estimate of drug-likeness (QED) is 0.0964. The lowest BCUT2D eigenvalue weighted by Crippen LogP contribution is -2.86. The normalized spacial score (nSPS) is 13.5. The van der Waals surface area contributed by atoms with Crippen LogP contribution in [-0.2, 0) is 20.7 Å². The summed E-state index contributed by atoms with van der Waals surface area (Å²) in [5.74, 6) is 9.83. The van der Waals surface area contributed by atoms with Gasteiger partial charge in [0.05, 0.1) is 7.11 Å². The molecule has 0 aromatic heterocycles. The Labute approximate surface area is 204 Å². The van der Waals surface area contributed by atoms with Gasteiger partial charge in [-0.25, -0.2) is 15.1 Å². The second-order valence-electron chi connectivity index (χ2n) is 8.87. The second-order valence-corrected chi connectivity index (χ2v) is 8.87. The molecule has 190 valence electrons. The first-order valence-corrected chi connectivity index (χ1v) is 11.0. The third kappa shape index (κ3) is 8.23. The maximum Gasteiger partial charge on any atom is 0.389 e. The highest BCUT2D eigenvalue weighted by Crippen LogP contribution is 2.30. The topological polar surface area (TPSA) is 155 Å². The number of esters is 1. The van der Waals surface area contributed by atoms with Crippen molar-refractivity contribution in [1.82, 2.24) is 16.1 Å². The Bertz CT molecular complexity index is 1050. The lowest BCUT2D eigenvalue weighted by Gasteiger charge is -2.25. The number of carbonyl (C=O) groups is 2. The summed E-state index contributed by atoms with van der Waals surface area (Å²) in [6.07, 6.45) is 0.224. The molecule has 0 saturated heterocycles. The maximum atomic E-state index is 13.8. The molecule has 8 N–H and O–H groups in total. The van der Waals surface area contributed by atoms with Gasteiger partial charge in [0.2, 0.25) is 0 Å². The Morgan fingerprint density at radius 2 is 1.80 bits per heavy atom. The Morgan fingerprint density at radius 1 is 1.14 bits per heavy atom. The number of methoxy groups -OCH3 is 1. The molecule has 0 fully saturated rings. The summed E-state index contributed by atoms with van der Waals surface area (Å²) in [6.45, 7) is 6.90. The molecule has 0 aliphatic rings. The third-order valence-corrected chi connectivity index (χ3v) is 4.93. The zero-order chi connectivity index (χ0) is 26.2. The standard InChI is InChI=1S/C24H33FN6O4/c1-14(22(33)35-24(2,3)4)28-19(21(32)29-23(30-26)31-27)12-15-6-8-16(9-7-15)18-13-17(25)10-11-20(18)34-5/h6-11,13-14,19,28H,12,26-27H2,1-5H3,(H2,29,30,31,32)/p+1/t14-,19?/m0/s1. The monoisotopic (exact) mass is 489 g/mol. The number of hydrogen-bond donors (Lipinski definition) is 6. The van der Waals surface area contributed by atoms with Gasteiger partial charge in [0.15, 0.2) is 0 Å². The van der Waals surface area contributed by atoms with Crippen LogP contribution in [0.3, 0.4) is 0 Å². The van der Waals surface area contributed by atoms with Crippen molar-refractivity contribution in [1.29, 1.82) is 0 Å². The summed E-state index contributed by atoms with van der Waals surface area (Å²) < 4.78 is 24.5. The minimum absolute atomic E-state index is 0.0136. The Morgan fingerprint density at radius 3 is 2.34 bits per heavy atom. The van der Waals surface area contributed by atoms with Crippen LogP contribution in [0.4, 0.5) is 4.39 Å². The first-order valence-electron chi connectivity index (χ1n) is 11.0. The first-order chi connectivity index (χ1) is 16.5. The lowest BCUT2D eigenvalue weighted by molar-refractivity contribution is -0.473. The predicted molar refractivity (Wildman–Crippen MR) is 130 cm³/mol.